The largest absolute Gasteiger partial charge is 0.479 e. The Morgan fingerprint density at radius 1 is 1.06 bits per heavy atom. The molecule has 7 heteroatoms. The molecule has 1 unspecified atom stereocenters. The molecule has 1 atom stereocenters. The van der Waals surface area contributed by atoms with Crippen LogP contribution in [0.15, 0.2) is 71.2 Å². The third-order valence-corrected chi connectivity index (χ3v) is 6.19. The highest BCUT2D eigenvalue weighted by Gasteiger charge is 2.33. The van der Waals surface area contributed by atoms with Gasteiger partial charge in [-0.1, -0.05) is 70.5 Å². The number of hydrogen-bond donors (Lipinski definition) is 1. The van der Waals surface area contributed by atoms with Crippen LogP contribution in [0.2, 0.25) is 0 Å². The average molecular weight is 484 g/mol. The third-order valence-electron chi connectivity index (χ3n) is 5.50. The minimum absolute atomic E-state index is 0.0775. The Morgan fingerprint density at radius 3 is 2.19 bits per heavy atom. The Morgan fingerprint density at radius 2 is 1.65 bits per heavy atom. The maximum atomic E-state index is 13.4. The van der Waals surface area contributed by atoms with E-state index in [0.29, 0.717) is 0 Å². The van der Waals surface area contributed by atoms with Gasteiger partial charge in [0.2, 0.25) is 0 Å². The van der Waals surface area contributed by atoms with Gasteiger partial charge >= 0.3 is 12.1 Å². The lowest BCUT2D eigenvalue weighted by Crippen LogP contribution is -2.37. The van der Waals surface area contributed by atoms with Crippen LogP contribution in [-0.4, -0.2) is 35.7 Å². The Balaban J connectivity index is 1.55. The summed E-state index contributed by atoms with van der Waals surface area (Å²) in [7, 11) is 1.35. The summed E-state index contributed by atoms with van der Waals surface area (Å²) < 4.78 is 19.2. The third kappa shape index (κ3) is 3.93. The Labute approximate surface area is 187 Å². The molecule has 31 heavy (non-hydrogen) atoms. The molecule has 0 radical (unpaired) electrons. The standard InChI is InChI=1S/C24H19BrFNO4/c1-27(22(23(28)29)19-11-10-14(26)12-21(19)25)24(30)31-13-20-17-8-4-2-6-15(17)16-7-3-5-9-18(16)20/h2-12,20,22H,13H2,1H3,(H,28,29). The number of rotatable bonds is 5. The molecule has 0 spiro atoms. The van der Waals surface area contributed by atoms with Crippen LogP contribution in [0.1, 0.15) is 28.7 Å². The maximum Gasteiger partial charge on any atom is 0.410 e. The molecular formula is C24H19BrFNO4. The zero-order valence-corrected chi connectivity index (χ0v) is 18.2. The van der Waals surface area contributed by atoms with E-state index in [1.165, 1.54) is 13.1 Å². The minimum atomic E-state index is -1.33. The Kier molecular flexibility index (Phi) is 5.78. The normalized spacial score (nSPS) is 13.3. The van der Waals surface area contributed by atoms with Crippen molar-refractivity contribution in [2.24, 2.45) is 0 Å². The number of nitrogens with zero attached hydrogens (tertiary/aromatic N) is 1. The van der Waals surface area contributed by atoms with Crippen LogP contribution in [0.25, 0.3) is 11.1 Å². The van der Waals surface area contributed by atoms with Gasteiger partial charge in [-0.15, -0.1) is 0 Å². The molecule has 5 nitrogen and oxygen atoms in total. The number of carbonyl (C=O) groups is 2. The lowest BCUT2D eigenvalue weighted by Gasteiger charge is -2.26. The summed E-state index contributed by atoms with van der Waals surface area (Å²) in [5, 5.41) is 9.72. The zero-order valence-electron chi connectivity index (χ0n) is 16.6. The first-order valence-electron chi connectivity index (χ1n) is 9.64. The van der Waals surface area contributed by atoms with Gasteiger partial charge in [-0.25, -0.2) is 14.0 Å². The summed E-state index contributed by atoms with van der Waals surface area (Å²) in [4.78, 5) is 25.7. The lowest BCUT2D eigenvalue weighted by atomic mass is 9.98. The van der Waals surface area contributed by atoms with Gasteiger partial charge in [-0.05, 0) is 34.4 Å². The topological polar surface area (TPSA) is 66.8 Å². The number of benzene rings is 3. The van der Waals surface area contributed by atoms with Gasteiger partial charge in [-0.3, -0.25) is 4.90 Å². The van der Waals surface area contributed by atoms with E-state index < -0.39 is 23.9 Å². The van der Waals surface area contributed by atoms with E-state index >= 15 is 0 Å². The molecule has 3 aromatic carbocycles. The summed E-state index contributed by atoms with van der Waals surface area (Å²) in [6, 6.07) is 18.2. The second-order valence-electron chi connectivity index (χ2n) is 7.32. The molecule has 0 saturated carbocycles. The average Bonchev–Trinajstić information content (AvgIpc) is 3.07. The molecule has 0 saturated heterocycles. The maximum absolute atomic E-state index is 13.4. The lowest BCUT2D eigenvalue weighted by molar-refractivity contribution is -0.142. The monoisotopic (exact) mass is 483 g/mol. The molecule has 1 aliphatic carbocycles. The van der Waals surface area contributed by atoms with Crippen molar-refractivity contribution in [2.75, 3.05) is 13.7 Å². The number of ether oxygens (including phenoxy) is 1. The van der Waals surface area contributed by atoms with Crippen LogP contribution < -0.4 is 0 Å². The molecule has 3 aromatic rings. The van der Waals surface area contributed by atoms with E-state index in [0.717, 1.165) is 39.3 Å². The van der Waals surface area contributed by atoms with Gasteiger partial charge in [0.05, 0.1) is 0 Å². The highest BCUT2D eigenvalue weighted by Crippen LogP contribution is 2.44. The van der Waals surface area contributed by atoms with Crippen molar-refractivity contribution in [3.8, 4) is 11.1 Å². The zero-order chi connectivity index (χ0) is 22.1. The van der Waals surface area contributed by atoms with E-state index in [1.807, 2.05) is 48.5 Å². The van der Waals surface area contributed by atoms with Crippen LogP contribution in [0.5, 0.6) is 0 Å². The quantitative estimate of drug-likeness (QED) is 0.513. The van der Waals surface area contributed by atoms with Gasteiger partial charge in [0.1, 0.15) is 12.4 Å². The predicted octanol–water partition coefficient (Wildman–Crippen LogP) is 5.59. The highest BCUT2D eigenvalue weighted by atomic mass is 79.9. The molecule has 1 aliphatic rings. The summed E-state index contributed by atoms with van der Waals surface area (Å²) in [6.07, 6.45) is -0.773. The van der Waals surface area contributed by atoms with Crippen molar-refractivity contribution >= 4 is 28.0 Å². The van der Waals surface area contributed by atoms with Crippen molar-refractivity contribution in [3.63, 3.8) is 0 Å². The fourth-order valence-corrected chi connectivity index (χ4v) is 4.60. The van der Waals surface area contributed by atoms with E-state index in [-0.39, 0.29) is 22.6 Å². The van der Waals surface area contributed by atoms with E-state index in [1.54, 1.807) is 0 Å². The van der Waals surface area contributed by atoms with Crippen molar-refractivity contribution in [2.45, 2.75) is 12.0 Å². The molecule has 0 bridgehead atoms. The number of halogens is 2. The summed E-state index contributed by atoms with van der Waals surface area (Å²) in [6.45, 7) is 0.0775. The number of aliphatic carboxylic acids is 1. The molecular weight excluding hydrogens is 465 g/mol. The first-order valence-corrected chi connectivity index (χ1v) is 10.4. The number of carboxylic acid groups (broad SMARTS) is 1. The van der Waals surface area contributed by atoms with Crippen molar-refractivity contribution in [3.05, 3.63) is 93.7 Å². The first kappa shape index (κ1) is 21.1. The number of fused-ring (bicyclic) bond motifs is 3. The second-order valence-corrected chi connectivity index (χ2v) is 8.18. The van der Waals surface area contributed by atoms with Crippen molar-refractivity contribution in [1.29, 1.82) is 0 Å². The number of amides is 1. The molecule has 0 aromatic heterocycles. The highest BCUT2D eigenvalue weighted by molar-refractivity contribution is 9.10. The SMILES string of the molecule is CN(C(=O)OCC1c2ccccc2-c2ccccc21)C(C(=O)O)c1ccc(F)cc1Br. The van der Waals surface area contributed by atoms with Gasteiger partial charge in [0.25, 0.3) is 0 Å². The number of likely N-dealkylation sites (N-methyl/N-ethyl adjacent to an activating group) is 1. The van der Waals surface area contributed by atoms with E-state index in [2.05, 4.69) is 15.9 Å². The second kappa shape index (κ2) is 8.51. The molecule has 0 heterocycles. The Hall–Kier alpha value is -3.19. The first-order chi connectivity index (χ1) is 14.9. The van der Waals surface area contributed by atoms with Crippen molar-refractivity contribution < 1.29 is 23.8 Å². The van der Waals surface area contributed by atoms with Crippen LogP contribution >= 0.6 is 15.9 Å². The van der Waals surface area contributed by atoms with Crippen LogP contribution in [0, 0.1) is 5.82 Å². The molecule has 1 N–H and O–H groups in total. The molecule has 0 fully saturated rings. The van der Waals surface area contributed by atoms with Crippen molar-refractivity contribution in [1.82, 2.24) is 4.90 Å². The van der Waals surface area contributed by atoms with E-state index in [4.69, 9.17) is 4.74 Å². The van der Waals surface area contributed by atoms with Gasteiger partial charge < -0.3 is 9.84 Å². The van der Waals surface area contributed by atoms with Gasteiger partial charge in [-0.2, -0.15) is 0 Å². The minimum Gasteiger partial charge on any atom is -0.479 e. The van der Waals surface area contributed by atoms with Gasteiger partial charge in [0.15, 0.2) is 6.04 Å². The van der Waals surface area contributed by atoms with E-state index in [9.17, 15) is 19.1 Å². The summed E-state index contributed by atoms with van der Waals surface area (Å²) in [5.41, 5.74) is 4.59. The van der Waals surface area contributed by atoms with Crippen LogP contribution in [0.3, 0.4) is 0 Å². The fraction of sp³-hybridized carbons (Fsp3) is 0.167. The Bertz CT molecular complexity index is 1120. The molecule has 158 valence electrons. The number of carbonyl (C=O) groups excluding carboxylic acids is 1. The fourth-order valence-electron chi connectivity index (χ4n) is 4.03. The summed E-state index contributed by atoms with van der Waals surface area (Å²) in [5.74, 6) is -1.89. The predicted molar refractivity (Wildman–Crippen MR) is 117 cm³/mol. The van der Waals surface area contributed by atoms with Gasteiger partial charge in [0, 0.05) is 23.0 Å². The molecule has 0 aliphatic heterocycles. The summed E-state index contributed by atoms with van der Waals surface area (Å²) >= 11 is 3.18. The number of hydrogen-bond acceptors (Lipinski definition) is 3. The van der Waals surface area contributed by atoms with Crippen LogP contribution in [-0.2, 0) is 9.53 Å². The molecule has 4 rings (SSSR count). The molecule has 1 amide bonds. The smallest absolute Gasteiger partial charge is 0.410 e. The number of carboxylic acids is 1. The van der Waals surface area contributed by atoms with Crippen LogP contribution in [0.4, 0.5) is 9.18 Å².